The Morgan fingerprint density at radius 2 is 0.941 bits per heavy atom. The van der Waals surface area contributed by atoms with Crippen molar-refractivity contribution in [1.82, 2.24) is 26.6 Å². The number of rotatable bonds is 15. The lowest BCUT2D eigenvalue weighted by molar-refractivity contribution is -0.137. The third kappa shape index (κ3) is 15.4. The van der Waals surface area contributed by atoms with Crippen LogP contribution in [0.2, 0.25) is 0 Å². The molecule has 101 heavy (non-hydrogen) atoms. The van der Waals surface area contributed by atoms with Crippen LogP contribution >= 0.6 is 0 Å². The fraction of sp³-hybridized carbons (Fsp3) is 0.425. The van der Waals surface area contributed by atoms with Gasteiger partial charge in [0.05, 0.1) is 68.5 Å². The van der Waals surface area contributed by atoms with E-state index in [4.69, 9.17) is 45.2 Å². The van der Waals surface area contributed by atoms with Crippen molar-refractivity contribution in [2.45, 2.75) is 173 Å². The SMILES string of the molecule is C=CC1=C(C)C2=NC1=CC1=NC(=CC3=C(C)C4=C(O)CC(=C5NC(=C2)C(C)C5CCC(=O)NCCNC(=O)OC(C)(C)C)C4=N3)C(CC)=C1C.C=CC1=C(C)C2=NC1=CC1=NC(=CC3=C(C)C4=C(O)CC(=C5NC(=C2)C(C)C5CCC(=O)O)C4=N3)C(CC)=C1C.CC(C)(C)OC(=O)NCCN. The Morgan fingerprint density at radius 1 is 0.554 bits per heavy atom. The summed E-state index contributed by atoms with van der Waals surface area (Å²) < 4.78 is 10.2. The minimum atomic E-state index is -0.819. The Balaban J connectivity index is 0.000000193. The lowest BCUT2D eigenvalue weighted by Gasteiger charge is -2.20. The Hall–Kier alpha value is -10.0. The first-order chi connectivity index (χ1) is 47.8. The number of amides is 3. The predicted octanol–water partition coefficient (Wildman–Crippen LogP) is 14.4. The summed E-state index contributed by atoms with van der Waals surface area (Å²) in [5, 5.41) is 47.4. The summed E-state index contributed by atoms with van der Waals surface area (Å²) in [5.41, 5.74) is 32.0. The van der Waals surface area contributed by atoms with E-state index in [0.29, 0.717) is 63.3 Å². The molecule has 0 aromatic rings. The molecule has 21 nitrogen and oxygen atoms in total. The first-order valence-corrected chi connectivity index (χ1v) is 35.1. The quantitative estimate of drug-likeness (QED) is 0.0692. The first kappa shape index (κ1) is 73.7. The van der Waals surface area contributed by atoms with Crippen molar-refractivity contribution in [1.29, 1.82) is 0 Å². The number of hydrogen-bond donors (Lipinski definition) is 9. The van der Waals surface area contributed by atoms with Gasteiger partial charge in [-0.15, -0.1) is 0 Å². The molecule has 16 bridgehead atoms. The first-order valence-electron chi connectivity index (χ1n) is 35.1. The molecule has 4 atom stereocenters. The summed E-state index contributed by atoms with van der Waals surface area (Å²) in [5.74, 6) is -0.324. The molecule has 2 aliphatic carbocycles. The summed E-state index contributed by atoms with van der Waals surface area (Å²) in [7, 11) is 0. The number of aliphatic imine (C=N–C) groups is 6. The number of carbonyl (C=O) groups is 4. The number of ether oxygens (including phenoxy) is 2. The number of allylic oxidation sites excluding steroid dienone is 24. The number of aliphatic hydroxyl groups excluding tert-OH is 2. The molecule has 3 amide bonds. The minimum Gasteiger partial charge on any atom is -0.511 e. The van der Waals surface area contributed by atoms with E-state index in [0.717, 1.165) is 177 Å². The van der Waals surface area contributed by atoms with Crippen molar-refractivity contribution in [2.75, 3.05) is 26.2 Å². The molecule has 4 unspecified atom stereocenters. The number of aliphatic hydroxyl groups is 2. The summed E-state index contributed by atoms with van der Waals surface area (Å²) in [4.78, 5) is 77.8. The molecule has 12 aliphatic rings. The lowest BCUT2D eigenvalue weighted by Crippen LogP contribution is -2.37. The zero-order valence-electron chi connectivity index (χ0n) is 61.4. The number of nitrogens with two attached hydrogens (primary N) is 1. The maximum Gasteiger partial charge on any atom is 0.407 e. The van der Waals surface area contributed by atoms with Crippen molar-refractivity contribution in [3.8, 4) is 0 Å². The Kier molecular flexibility index (Phi) is 21.6. The van der Waals surface area contributed by atoms with Crippen LogP contribution in [0, 0.1) is 23.7 Å². The van der Waals surface area contributed by atoms with Gasteiger partial charge in [0.15, 0.2) is 0 Å². The molecule has 10 N–H and O–H groups in total. The zero-order chi connectivity index (χ0) is 73.4. The van der Waals surface area contributed by atoms with Gasteiger partial charge >= 0.3 is 18.2 Å². The number of alkyl carbamates (subject to hydrolysis) is 2. The van der Waals surface area contributed by atoms with E-state index in [-0.39, 0.29) is 42.5 Å². The number of nitrogens with zero attached hydrogens (tertiary/aromatic N) is 6. The Labute approximate surface area is 593 Å². The fourth-order valence-corrected chi connectivity index (χ4v) is 14.6. The van der Waals surface area contributed by atoms with Gasteiger partial charge in [-0.05, 0) is 190 Å². The van der Waals surface area contributed by atoms with Gasteiger partial charge in [0, 0.05) is 132 Å². The van der Waals surface area contributed by atoms with Gasteiger partial charge < -0.3 is 57.1 Å². The number of nitrogens with one attached hydrogen (secondary N) is 5. The van der Waals surface area contributed by atoms with Crippen LogP contribution in [0.4, 0.5) is 9.59 Å². The van der Waals surface area contributed by atoms with E-state index in [1.807, 2.05) is 71.1 Å². The highest BCUT2D eigenvalue weighted by Crippen LogP contribution is 2.49. The third-order valence-electron chi connectivity index (χ3n) is 19.9. The largest absolute Gasteiger partial charge is 0.511 e. The second-order valence-corrected chi connectivity index (χ2v) is 28.9. The van der Waals surface area contributed by atoms with Gasteiger partial charge in [-0.2, -0.15) is 0 Å². The van der Waals surface area contributed by atoms with Gasteiger partial charge in [-0.3, -0.25) is 9.59 Å². The number of carbonyl (C=O) groups excluding carboxylic acids is 3. The van der Waals surface area contributed by atoms with Crippen LogP contribution < -0.4 is 32.3 Å². The number of carboxylic acids is 1. The van der Waals surface area contributed by atoms with Crippen molar-refractivity contribution < 1.29 is 44.0 Å². The van der Waals surface area contributed by atoms with Gasteiger partial charge in [0.25, 0.3) is 0 Å². The second kappa shape index (κ2) is 29.7. The Morgan fingerprint density at radius 3 is 1.33 bits per heavy atom. The van der Waals surface area contributed by atoms with E-state index in [1.54, 1.807) is 20.8 Å². The second-order valence-electron chi connectivity index (χ2n) is 28.9. The molecule has 0 aromatic carbocycles. The zero-order valence-corrected chi connectivity index (χ0v) is 61.4. The molecule has 0 aromatic heterocycles. The number of fused-ring (bicyclic) bond motifs is 10. The van der Waals surface area contributed by atoms with Gasteiger partial charge in [0.2, 0.25) is 5.91 Å². The molecule has 0 saturated carbocycles. The van der Waals surface area contributed by atoms with Gasteiger partial charge in [0.1, 0.15) is 22.7 Å². The van der Waals surface area contributed by atoms with E-state index in [2.05, 4.69) is 107 Å². The molecule has 21 heteroatoms. The summed E-state index contributed by atoms with van der Waals surface area (Å²) in [6.07, 6.45) is 18.9. The normalized spacial score (nSPS) is 22.5. The van der Waals surface area contributed by atoms with E-state index in [1.165, 1.54) is 5.57 Å². The highest BCUT2D eigenvalue weighted by molar-refractivity contribution is 6.23. The molecule has 2 fully saturated rings. The summed E-state index contributed by atoms with van der Waals surface area (Å²) in [6, 6.07) is 0. The van der Waals surface area contributed by atoms with E-state index < -0.39 is 29.4 Å². The number of carboxylic acid groups (broad SMARTS) is 1. The van der Waals surface area contributed by atoms with Crippen LogP contribution in [0.15, 0.2) is 238 Å². The number of aliphatic carboxylic acids is 1. The molecule has 532 valence electrons. The molecular formula is C80H98N12O9. The van der Waals surface area contributed by atoms with E-state index >= 15 is 0 Å². The van der Waals surface area contributed by atoms with Gasteiger partial charge in [-0.1, -0.05) is 53.0 Å². The molecular weight excluding hydrogens is 1270 g/mol. The van der Waals surface area contributed by atoms with Crippen LogP contribution in [0.25, 0.3) is 0 Å². The minimum absolute atomic E-state index is 0.0332. The van der Waals surface area contributed by atoms with Crippen LogP contribution in [0.1, 0.15) is 162 Å². The maximum atomic E-state index is 13.0. The highest BCUT2D eigenvalue weighted by Gasteiger charge is 2.44. The predicted molar refractivity (Wildman–Crippen MR) is 401 cm³/mol. The van der Waals surface area contributed by atoms with Gasteiger partial charge in [-0.25, -0.2) is 39.5 Å². The molecule has 0 spiro atoms. The smallest absolute Gasteiger partial charge is 0.407 e. The topological polar surface area (TPSA) is 308 Å². The maximum absolute atomic E-state index is 13.0. The Bertz CT molecular complexity index is 4440. The monoisotopic (exact) mass is 1370 g/mol. The summed E-state index contributed by atoms with van der Waals surface area (Å²) >= 11 is 0. The van der Waals surface area contributed by atoms with Crippen molar-refractivity contribution in [3.05, 3.63) is 208 Å². The third-order valence-corrected chi connectivity index (χ3v) is 19.9. The van der Waals surface area contributed by atoms with Crippen LogP contribution in [0.5, 0.6) is 0 Å². The molecule has 10 heterocycles. The number of hydrogen-bond acceptors (Lipinski definition) is 17. The molecule has 10 aliphatic heterocycles. The molecule has 12 rings (SSSR count). The van der Waals surface area contributed by atoms with Crippen LogP contribution in [-0.4, -0.2) is 111 Å². The van der Waals surface area contributed by atoms with Crippen molar-refractivity contribution >= 4 is 58.3 Å². The highest BCUT2D eigenvalue weighted by atomic mass is 16.6. The van der Waals surface area contributed by atoms with E-state index in [9.17, 15) is 34.5 Å². The average Bonchev–Trinajstić information content (AvgIpc) is 1.59. The fourth-order valence-electron chi connectivity index (χ4n) is 14.6. The average molecular weight is 1370 g/mol. The van der Waals surface area contributed by atoms with Crippen LogP contribution in [-0.2, 0) is 19.1 Å². The van der Waals surface area contributed by atoms with Crippen molar-refractivity contribution in [3.63, 3.8) is 0 Å². The molecule has 0 radical (unpaired) electrons. The molecule has 2 saturated heterocycles. The lowest BCUT2D eigenvalue weighted by atomic mass is 9.86. The standard InChI is InChI=1S/C40H48N6O4.C33H34N4O3.C7H16N2O2/c1-10-24-20(3)28-17-30-22(5)26(12-13-35(48)41-14-15-42-39(49)50-40(7,8)9)37(45-30)27-16-34(47)36-23(6)31(46-38(27)36)19-33-25(11-2)21(4)29(44-33)18-32(24)43-28;1-7-19-15(3)23-12-25-17(5)21(9-10-30(39)40)32(36-25)22-11-29(38)31-18(6)26(37-33(22)31)14-28-20(8-2)16(4)24(35-28)13-27(19)34-23;1-7(2,3)11-6(10)9-5-4-8/h10,17-19,22,26,45,47H,1,11-16H2,2-9H3,(H,41,48)(H,42,49);7,12-14,17,21,36,38H,1,8-11H2,2-6H3,(H,39,40);4-5,8H2,1-3H3,(H,9,10). The summed E-state index contributed by atoms with van der Waals surface area (Å²) in [6.45, 7) is 41.4. The van der Waals surface area contributed by atoms with Crippen molar-refractivity contribution in [2.24, 2.45) is 59.4 Å². The van der Waals surface area contributed by atoms with Crippen LogP contribution in [0.3, 0.4) is 0 Å².